The summed E-state index contributed by atoms with van der Waals surface area (Å²) in [6.07, 6.45) is 4.12. The van der Waals surface area contributed by atoms with Crippen molar-refractivity contribution in [3.8, 4) is 0 Å². The quantitative estimate of drug-likeness (QED) is 0.791. The number of nitrogens with one attached hydrogen (secondary N) is 1. The van der Waals surface area contributed by atoms with Gasteiger partial charge in [0.05, 0.1) is 6.10 Å². The molecule has 1 aromatic carbocycles. The number of Topliss-reactive ketones (excluding diaryl/α,β-unsaturated/α-hetero) is 1. The third kappa shape index (κ3) is 3.63. The number of aryl methyl sites for hydroxylation is 1. The number of ketones is 1. The average molecular weight is 381 g/mol. The van der Waals surface area contributed by atoms with Crippen LogP contribution in [0.25, 0.3) is 0 Å². The van der Waals surface area contributed by atoms with Crippen molar-refractivity contribution in [1.29, 1.82) is 0 Å². The van der Waals surface area contributed by atoms with Crippen LogP contribution in [0.4, 0.5) is 0 Å². The number of aromatic amines is 1. The molecule has 2 atom stereocenters. The van der Waals surface area contributed by atoms with Crippen LogP contribution in [-0.2, 0) is 22.3 Å². The van der Waals surface area contributed by atoms with Crippen molar-refractivity contribution in [3.63, 3.8) is 0 Å². The molecule has 28 heavy (non-hydrogen) atoms. The molecular weight excluding hydrogens is 354 g/mol. The largest absolute Gasteiger partial charge is 0.458 e. The highest BCUT2D eigenvalue weighted by atomic mass is 16.6. The molecule has 1 aliphatic carbocycles. The van der Waals surface area contributed by atoms with Crippen LogP contribution in [0, 0.1) is 6.92 Å². The smallest absolute Gasteiger partial charge is 0.355 e. The molecule has 2 heterocycles. The van der Waals surface area contributed by atoms with Gasteiger partial charge in [0.25, 0.3) is 0 Å². The highest BCUT2D eigenvalue weighted by Gasteiger charge is 2.32. The van der Waals surface area contributed by atoms with E-state index in [-0.39, 0.29) is 24.4 Å². The monoisotopic (exact) mass is 381 g/mol. The lowest BCUT2D eigenvalue weighted by molar-refractivity contribution is 0.0156. The minimum Gasteiger partial charge on any atom is -0.458 e. The van der Waals surface area contributed by atoms with Gasteiger partial charge in [-0.25, -0.2) is 4.79 Å². The third-order valence-corrected chi connectivity index (χ3v) is 5.98. The van der Waals surface area contributed by atoms with Crippen LogP contribution in [0.3, 0.4) is 0 Å². The number of fused-ring (bicyclic) bond motifs is 1. The van der Waals surface area contributed by atoms with Gasteiger partial charge < -0.3 is 14.5 Å². The number of aromatic nitrogens is 1. The Bertz CT molecular complexity index is 875. The minimum absolute atomic E-state index is 0.00838. The fourth-order valence-corrected chi connectivity index (χ4v) is 4.32. The Morgan fingerprint density at radius 3 is 2.71 bits per heavy atom. The van der Waals surface area contributed by atoms with Crippen LogP contribution in [0.1, 0.15) is 75.3 Å². The molecule has 0 radical (unpaired) electrons. The van der Waals surface area contributed by atoms with E-state index in [9.17, 15) is 9.59 Å². The number of esters is 1. The van der Waals surface area contributed by atoms with Gasteiger partial charge >= 0.3 is 5.97 Å². The maximum atomic E-state index is 12.8. The summed E-state index contributed by atoms with van der Waals surface area (Å²) in [5.41, 5.74) is 5.09. The molecule has 1 N–H and O–H groups in total. The van der Waals surface area contributed by atoms with Gasteiger partial charge in [0.15, 0.2) is 5.78 Å². The van der Waals surface area contributed by atoms with Gasteiger partial charge in [0.2, 0.25) is 0 Å². The average Bonchev–Trinajstić information content (AvgIpc) is 3.34. The summed E-state index contributed by atoms with van der Waals surface area (Å²) in [6.45, 7) is 4.95. The van der Waals surface area contributed by atoms with Crippen molar-refractivity contribution >= 4 is 11.8 Å². The molecule has 2 aromatic rings. The zero-order chi connectivity index (χ0) is 19.7. The molecule has 5 heteroatoms. The minimum atomic E-state index is -0.404. The summed E-state index contributed by atoms with van der Waals surface area (Å²) >= 11 is 0. The SMILES string of the molecule is CCc1ccc([C@@H]2CC(=O)c3c([nH]c(C(=O)OC[C@@H]4CCCO4)c3C)C2)cc1. The zero-order valence-corrected chi connectivity index (χ0v) is 16.5. The van der Waals surface area contributed by atoms with E-state index in [4.69, 9.17) is 9.47 Å². The fraction of sp³-hybridized carbons (Fsp3) is 0.478. The molecule has 0 spiro atoms. The standard InChI is InChI=1S/C23H27NO4/c1-3-15-6-8-16(9-7-15)17-11-19-21(20(25)12-17)14(2)22(24-19)23(26)28-13-18-5-4-10-27-18/h6-9,17-18,24H,3-5,10-13H2,1-2H3/t17-,18-/m0/s1. The molecule has 0 unspecified atom stereocenters. The molecule has 1 saturated heterocycles. The van der Waals surface area contributed by atoms with E-state index < -0.39 is 5.97 Å². The fourth-order valence-electron chi connectivity index (χ4n) is 4.32. The molecule has 0 saturated carbocycles. The highest BCUT2D eigenvalue weighted by molar-refractivity contribution is 6.03. The number of H-pyrrole nitrogens is 1. The third-order valence-electron chi connectivity index (χ3n) is 5.98. The molecule has 5 nitrogen and oxygen atoms in total. The number of hydrogen-bond donors (Lipinski definition) is 1. The number of rotatable bonds is 5. The van der Waals surface area contributed by atoms with Crippen LogP contribution in [0.15, 0.2) is 24.3 Å². The number of carbonyl (C=O) groups is 2. The van der Waals surface area contributed by atoms with Crippen LogP contribution >= 0.6 is 0 Å². The number of hydrogen-bond acceptors (Lipinski definition) is 4. The molecule has 1 fully saturated rings. The van der Waals surface area contributed by atoms with E-state index in [1.165, 1.54) is 11.1 Å². The second-order valence-corrected chi connectivity index (χ2v) is 7.84. The molecule has 0 bridgehead atoms. The molecule has 0 amide bonds. The van der Waals surface area contributed by atoms with Crippen LogP contribution < -0.4 is 0 Å². The van der Waals surface area contributed by atoms with E-state index in [1.54, 1.807) is 0 Å². The van der Waals surface area contributed by atoms with Crippen molar-refractivity contribution in [2.45, 2.75) is 58.0 Å². The van der Waals surface area contributed by atoms with Crippen molar-refractivity contribution in [1.82, 2.24) is 4.98 Å². The van der Waals surface area contributed by atoms with Gasteiger partial charge in [0, 0.05) is 24.3 Å². The predicted octanol–water partition coefficient (Wildman–Crippen LogP) is 4.13. The summed E-state index contributed by atoms with van der Waals surface area (Å²) in [7, 11) is 0. The molecule has 2 aliphatic rings. The first-order valence-corrected chi connectivity index (χ1v) is 10.2. The lowest BCUT2D eigenvalue weighted by atomic mass is 9.81. The van der Waals surface area contributed by atoms with Gasteiger partial charge in [-0.1, -0.05) is 31.2 Å². The summed E-state index contributed by atoms with van der Waals surface area (Å²) < 4.78 is 10.9. The first-order valence-electron chi connectivity index (χ1n) is 10.2. The Kier molecular flexibility index (Phi) is 5.36. The summed E-state index contributed by atoms with van der Waals surface area (Å²) in [6, 6.07) is 8.50. The van der Waals surface area contributed by atoms with Gasteiger partial charge in [-0.3, -0.25) is 4.79 Å². The predicted molar refractivity (Wildman–Crippen MR) is 106 cm³/mol. The van der Waals surface area contributed by atoms with Crippen LogP contribution in [-0.4, -0.2) is 36.1 Å². The van der Waals surface area contributed by atoms with Crippen molar-refractivity contribution in [2.75, 3.05) is 13.2 Å². The maximum absolute atomic E-state index is 12.8. The molecule has 1 aromatic heterocycles. The molecule has 1 aliphatic heterocycles. The normalized spacial score (nSPS) is 21.6. The van der Waals surface area contributed by atoms with E-state index >= 15 is 0 Å². The van der Waals surface area contributed by atoms with Crippen molar-refractivity contribution in [2.24, 2.45) is 0 Å². The van der Waals surface area contributed by atoms with Crippen molar-refractivity contribution in [3.05, 3.63) is 57.9 Å². The van der Waals surface area contributed by atoms with Gasteiger partial charge in [-0.2, -0.15) is 0 Å². The second kappa shape index (κ2) is 7.92. The number of carbonyl (C=O) groups excluding carboxylic acids is 2. The van der Waals surface area contributed by atoms with E-state index in [2.05, 4.69) is 36.2 Å². The zero-order valence-electron chi connectivity index (χ0n) is 16.5. The summed E-state index contributed by atoms with van der Waals surface area (Å²) in [5.74, 6) is -0.170. The Labute approximate surface area is 165 Å². The van der Waals surface area contributed by atoms with Gasteiger partial charge in [-0.05, 0) is 55.2 Å². The Morgan fingerprint density at radius 2 is 2.04 bits per heavy atom. The number of ether oxygens (including phenoxy) is 2. The Morgan fingerprint density at radius 1 is 1.25 bits per heavy atom. The number of benzene rings is 1. The van der Waals surface area contributed by atoms with Gasteiger partial charge in [0.1, 0.15) is 12.3 Å². The lowest BCUT2D eigenvalue weighted by Crippen LogP contribution is -2.18. The Balaban J connectivity index is 1.51. The van der Waals surface area contributed by atoms with Crippen LogP contribution in [0.5, 0.6) is 0 Å². The summed E-state index contributed by atoms with van der Waals surface area (Å²) in [4.78, 5) is 28.6. The highest BCUT2D eigenvalue weighted by Crippen LogP contribution is 2.35. The first kappa shape index (κ1) is 18.9. The second-order valence-electron chi connectivity index (χ2n) is 7.84. The first-order chi connectivity index (χ1) is 13.6. The van der Waals surface area contributed by atoms with E-state index in [0.29, 0.717) is 23.2 Å². The van der Waals surface area contributed by atoms with Crippen LogP contribution in [0.2, 0.25) is 0 Å². The maximum Gasteiger partial charge on any atom is 0.355 e. The molecular formula is C23H27NO4. The van der Waals surface area contributed by atoms with E-state index in [1.807, 2.05) is 6.92 Å². The molecule has 4 rings (SSSR count). The lowest BCUT2D eigenvalue weighted by Gasteiger charge is -2.22. The Hall–Kier alpha value is -2.40. The van der Waals surface area contributed by atoms with Crippen molar-refractivity contribution < 1.29 is 19.1 Å². The van der Waals surface area contributed by atoms with Gasteiger partial charge in [-0.15, -0.1) is 0 Å². The molecule has 148 valence electrons. The summed E-state index contributed by atoms with van der Waals surface area (Å²) in [5, 5.41) is 0. The van der Waals surface area contributed by atoms with E-state index in [0.717, 1.165) is 38.0 Å². The topological polar surface area (TPSA) is 68.4 Å².